The lowest BCUT2D eigenvalue weighted by Gasteiger charge is -2.28. The fraction of sp³-hybridized carbons (Fsp3) is 0.421. The first-order chi connectivity index (χ1) is 13.2. The number of ether oxygens (including phenoxy) is 2. The summed E-state index contributed by atoms with van der Waals surface area (Å²) < 4.78 is 12.7. The van der Waals surface area contributed by atoms with Crippen LogP contribution in [-0.2, 0) is 16.1 Å². The van der Waals surface area contributed by atoms with Crippen LogP contribution in [0.4, 0.5) is 0 Å². The minimum atomic E-state index is -0.263. The van der Waals surface area contributed by atoms with Crippen molar-refractivity contribution in [2.45, 2.75) is 23.9 Å². The number of hydrogen-bond acceptors (Lipinski definition) is 6. The Bertz CT molecular complexity index is 802. The Morgan fingerprint density at radius 3 is 2.81 bits per heavy atom. The summed E-state index contributed by atoms with van der Waals surface area (Å²) in [5, 5.41) is 9.11. The van der Waals surface area contributed by atoms with Crippen molar-refractivity contribution < 1.29 is 14.3 Å². The van der Waals surface area contributed by atoms with E-state index in [4.69, 9.17) is 9.47 Å². The average molecular weight is 388 g/mol. The van der Waals surface area contributed by atoms with Crippen LogP contribution in [0.2, 0.25) is 0 Å². The summed E-state index contributed by atoms with van der Waals surface area (Å²) >= 11 is 1.41. The van der Waals surface area contributed by atoms with E-state index in [1.807, 2.05) is 40.7 Å². The van der Waals surface area contributed by atoms with E-state index in [2.05, 4.69) is 16.8 Å². The minimum absolute atomic E-state index is 0.0929. The van der Waals surface area contributed by atoms with Gasteiger partial charge in [-0.1, -0.05) is 30.0 Å². The van der Waals surface area contributed by atoms with Crippen molar-refractivity contribution in [2.75, 3.05) is 33.4 Å². The zero-order valence-electron chi connectivity index (χ0n) is 15.6. The van der Waals surface area contributed by atoms with Gasteiger partial charge in [0.05, 0.1) is 31.1 Å². The first-order valence-electron chi connectivity index (χ1n) is 8.86. The first kappa shape index (κ1) is 19.4. The van der Waals surface area contributed by atoms with Crippen LogP contribution in [0, 0.1) is 0 Å². The largest absolute Gasteiger partial charge is 0.496 e. The Balaban J connectivity index is 1.84. The van der Waals surface area contributed by atoms with E-state index < -0.39 is 0 Å². The van der Waals surface area contributed by atoms with Gasteiger partial charge in [0.1, 0.15) is 5.75 Å². The van der Waals surface area contributed by atoms with E-state index >= 15 is 0 Å². The molecule has 0 aliphatic carbocycles. The number of rotatable bonds is 7. The third-order valence-electron chi connectivity index (χ3n) is 4.33. The van der Waals surface area contributed by atoms with Crippen LogP contribution in [0.15, 0.2) is 42.1 Å². The number of methoxy groups -OCH3 is 1. The van der Waals surface area contributed by atoms with Gasteiger partial charge >= 0.3 is 0 Å². The highest BCUT2D eigenvalue weighted by Gasteiger charge is 2.26. The molecule has 0 saturated carbocycles. The summed E-state index contributed by atoms with van der Waals surface area (Å²) in [4.78, 5) is 14.5. The van der Waals surface area contributed by atoms with Crippen molar-refractivity contribution >= 4 is 17.7 Å². The van der Waals surface area contributed by atoms with E-state index in [1.165, 1.54) is 11.8 Å². The van der Waals surface area contributed by atoms with Crippen LogP contribution >= 0.6 is 11.8 Å². The zero-order valence-corrected chi connectivity index (χ0v) is 16.4. The molecule has 1 atom stereocenters. The maximum absolute atomic E-state index is 12.7. The van der Waals surface area contributed by atoms with Crippen molar-refractivity contribution in [3.63, 3.8) is 0 Å². The highest BCUT2D eigenvalue weighted by molar-refractivity contribution is 8.00. The van der Waals surface area contributed by atoms with Gasteiger partial charge in [0.2, 0.25) is 5.91 Å². The Labute approximate surface area is 163 Å². The Hall–Kier alpha value is -2.32. The number of thioether (sulfide) groups is 1. The Kier molecular flexibility index (Phi) is 6.52. The van der Waals surface area contributed by atoms with Crippen LogP contribution in [0.1, 0.15) is 6.92 Å². The van der Waals surface area contributed by atoms with Crippen molar-refractivity contribution in [3.05, 3.63) is 36.9 Å². The van der Waals surface area contributed by atoms with Gasteiger partial charge in [-0.2, -0.15) is 0 Å². The van der Waals surface area contributed by atoms with Gasteiger partial charge in [-0.25, -0.2) is 0 Å². The van der Waals surface area contributed by atoms with Gasteiger partial charge in [0.15, 0.2) is 11.0 Å². The molecule has 144 valence electrons. The second-order valence-electron chi connectivity index (χ2n) is 6.10. The molecule has 7 nitrogen and oxygen atoms in total. The Morgan fingerprint density at radius 1 is 1.37 bits per heavy atom. The minimum Gasteiger partial charge on any atom is -0.496 e. The van der Waals surface area contributed by atoms with E-state index in [-0.39, 0.29) is 11.2 Å². The molecule has 1 aromatic heterocycles. The van der Waals surface area contributed by atoms with Crippen LogP contribution in [0.3, 0.4) is 0 Å². The second kappa shape index (κ2) is 9.05. The molecule has 1 aliphatic heterocycles. The van der Waals surface area contributed by atoms with Crippen LogP contribution < -0.4 is 4.74 Å². The predicted octanol–water partition coefficient (Wildman–Crippen LogP) is 2.48. The maximum Gasteiger partial charge on any atom is 0.236 e. The molecule has 0 bridgehead atoms. The number of hydrogen-bond donors (Lipinski definition) is 0. The number of carbonyl (C=O) groups is 1. The molecule has 0 radical (unpaired) electrons. The van der Waals surface area contributed by atoms with Crippen LogP contribution in [0.5, 0.6) is 5.75 Å². The molecule has 1 unspecified atom stereocenters. The zero-order chi connectivity index (χ0) is 19.2. The topological polar surface area (TPSA) is 69.5 Å². The SMILES string of the molecule is C=CCn1c(SC(C)C(=O)N2CCOCC2)nnc1-c1ccccc1OC. The maximum atomic E-state index is 12.7. The third kappa shape index (κ3) is 4.33. The Morgan fingerprint density at radius 2 is 2.11 bits per heavy atom. The fourth-order valence-corrected chi connectivity index (χ4v) is 3.89. The van der Waals surface area contributed by atoms with Crippen molar-refractivity contribution in [2.24, 2.45) is 0 Å². The summed E-state index contributed by atoms with van der Waals surface area (Å²) in [6.07, 6.45) is 1.79. The number of allylic oxidation sites excluding steroid dienone is 1. The van der Waals surface area contributed by atoms with E-state index in [9.17, 15) is 4.79 Å². The van der Waals surface area contributed by atoms with E-state index in [0.717, 1.165) is 11.3 Å². The molecule has 2 heterocycles. The second-order valence-corrected chi connectivity index (χ2v) is 7.41. The number of nitrogens with zero attached hydrogens (tertiary/aromatic N) is 4. The number of carbonyl (C=O) groups excluding carboxylic acids is 1. The predicted molar refractivity (Wildman–Crippen MR) is 105 cm³/mol. The van der Waals surface area contributed by atoms with Gasteiger partial charge in [-0.3, -0.25) is 9.36 Å². The lowest BCUT2D eigenvalue weighted by molar-refractivity contribution is -0.134. The van der Waals surface area contributed by atoms with E-state index in [1.54, 1.807) is 13.2 Å². The van der Waals surface area contributed by atoms with Crippen molar-refractivity contribution in [1.29, 1.82) is 0 Å². The molecule has 0 spiro atoms. The van der Waals surface area contributed by atoms with Crippen LogP contribution in [0.25, 0.3) is 11.4 Å². The monoisotopic (exact) mass is 388 g/mol. The summed E-state index contributed by atoms with van der Waals surface area (Å²) in [6, 6.07) is 7.68. The van der Waals surface area contributed by atoms with Gasteiger partial charge in [-0.15, -0.1) is 16.8 Å². The number of morpholine rings is 1. The quantitative estimate of drug-likeness (QED) is 0.536. The van der Waals surface area contributed by atoms with Gasteiger partial charge in [0.25, 0.3) is 0 Å². The molecule has 1 saturated heterocycles. The van der Waals surface area contributed by atoms with Crippen molar-refractivity contribution in [3.8, 4) is 17.1 Å². The lowest BCUT2D eigenvalue weighted by atomic mass is 10.2. The molecule has 2 aromatic rings. The normalized spacial score (nSPS) is 15.4. The third-order valence-corrected chi connectivity index (χ3v) is 5.40. The summed E-state index contributed by atoms with van der Waals surface area (Å²) in [5.41, 5.74) is 0.855. The highest BCUT2D eigenvalue weighted by Crippen LogP contribution is 2.32. The average Bonchev–Trinajstić information content (AvgIpc) is 3.10. The first-order valence-corrected chi connectivity index (χ1v) is 9.74. The number of aromatic nitrogens is 3. The van der Waals surface area contributed by atoms with E-state index in [0.29, 0.717) is 43.8 Å². The van der Waals surface area contributed by atoms with Gasteiger partial charge in [0, 0.05) is 19.6 Å². The molecule has 1 aliphatic rings. The molecule has 8 heteroatoms. The smallest absolute Gasteiger partial charge is 0.236 e. The molecule has 0 N–H and O–H groups in total. The highest BCUT2D eigenvalue weighted by atomic mass is 32.2. The van der Waals surface area contributed by atoms with Crippen LogP contribution in [-0.4, -0.2) is 64.2 Å². The fourth-order valence-electron chi connectivity index (χ4n) is 2.95. The summed E-state index contributed by atoms with van der Waals surface area (Å²) in [7, 11) is 1.63. The van der Waals surface area contributed by atoms with Gasteiger partial charge in [-0.05, 0) is 19.1 Å². The number of benzene rings is 1. The molecule has 27 heavy (non-hydrogen) atoms. The molecule has 1 aromatic carbocycles. The van der Waals surface area contributed by atoms with Crippen molar-refractivity contribution in [1.82, 2.24) is 19.7 Å². The molecule has 3 rings (SSSR count). The molecular formula is C19H24N4O3S. The molecule has 1 fully saturated rings. The summed E-state index contributed by atoms with van der Waals surface area (Å²) in [6.45, 7) is 8.73. The number of para-hydroxylation sites is 1. The molecular weight excluding hydrogens is 364 g/mol. The lowest BCUT2D eigenvalue weighted by Crippen LogP contribution is -2.44. The number of amides is 1. The van der Waals surface area contributed by atoms with Gasteiger partial charge < -0.3 is 14.4 Å². The molecule has 1 amide bonds. The standard InChI is InChI=1S/C19H24N4O3S/c1-4-9-23-17(15-7-5-6-8-16(15)25-3)20-21-19(23)27-14(2)18(24)22-10-12-26-13-11-22/h4-8,14H,1,9-13H2,2-3H3. The summed E-state index contributed by atoms with van der Waals surface area (Å²) in [5.74, 6) is 1.51.